The van der Waals surface area contributed by atoms with E-state index in [1.807, 2.05) is 11.4 Å². The van der Waals surface area contributed by atoms with Gasteiger partial charge >= 0.3 is 0 Å². The first-order valence-electron chi connectivity index (χ1n) is 5.67. The van der Waals surface area contributed by atoms with E-state index in [4.69, 9.17) is 0 Å². The number of carbonyl (C=O) groups is 1. The van der Waals surface area contributed by atoms with E-state index in [1.165, 1.54) is 0 Å². The third kappa shape index (κ3) is 2.39. The summed E-state index contributed by atoms with van der Waals surface area (Å²) in [4.78, 5) is 13.5. The van der Waals surface area contributed by atoms with Crippen LogP contribution in [0.2, 0.25) is 0 Å². The van der Waals surface area contributed by atoms with Gasteiger partial charge in [-0.2, -0.15) is 0 Å². The molecule has 0 aromatic carbocycles. The van der Waals surface area contributed by atoms with Crippen molar-refractivity contribution in [1.82, 2.24) is 5.32 Å². The first-order valence-corrected chi connectivity index (χ1v) is 7.35. The molecule has 4 heteroatoms. The minimum absolute atomic E-state index is 0.240. The molecule has 1 N–H and O–H groups in total. The van der Waals surface area contributed by atoms with E-state index in [0.717, 1.165) is 35.2 Å². The minimum Gasteiger partial charge on any atom is -0.305 e. The molecule has 1 aliphatic rings. The van der Waals surface area contributed by atoms with E-state index >= 15 is 0 Å². The topological polar surface area (TPSA) is 29.1 Å². The van der Waals surface area contributed by atoms with Crippen LogP contribution in [0.4, 0.5) is 0 Å². The highest BCUT2D eigenvalue weighted by atomic mass is 79.9. The molecule has 2 rings (SSSR count). The summed E-state index contributed by atoms with van der Waals surface area (Å²) < 4.78 is 1.07. The predicted octanol–water partition coefficient (Wildman–Crippen LogP) is 3.15. The van der Waals surface area contributed by atoms with Crippen molar-refractivity contribution in [3.63, 3.8) is 0 Å². The molecule has 1 saturated heterocycles. The standard InChI is InChI=1S/C12H16BrNOS/c1-2-12(4-3-5-14-12)11(15)7-10-6-9(13)8-16-10/h6,8,14H,2-5,7H2,1H3. The van der Waals surface area contributed by atoms with E-state index in [9.17, 15) is 4.79 Å². The smallest absolute Gasteiger partial charge is 0.158 e. The Morgan fingerprint density at radius 2 is 2.50 bits per heavy atom. The van der Waals surface area contributed by atoms with Crippen molar-refractivity contribution in [3.8, 4) is 0 Å². The van der Waals surface area contributed by atoms with Gasteiger partial charge in [-0.1, -0.05) is 6.92 Å². The molecule has 0 radical (unpaired) electrons. The maximum atomic E-state index is 12.3. The first-order chi connectivity index (χ1) is 7.66. The predicted molar refractivity (Wildman–Crippen MR) is 71.0 cm³/mol. The van der Waals surface area contributed by atoms with Crippen LogP contribution in [0.3, 0.4) is 0 Å². The Kier molecular flexibility index (Phi) is 3.82. The molecule has 88 valence electrons. The molecule has 2 heterocycles. The molecule has 1 aromatic heterocycles. The van der Waals surface area contributed by atoms with E-state index < -0.39 is 0 Å². The van der Waals surface area contributed by atoms with Crippen LogP contribution < -0.4 is 5.32 Å². The number of halogens is 1. The van der Waals surface area contributed by atoms with Gasteiger partial charge in [0.2, 0.25) is 0 Å². The van der Waals surface area contributed by atoms with Crippen molar-refractivity contribution in [2.24, 2.45) is 0 Å². The lowest BCUT2D eigenvalue weighted by Gasteiger charge is -2.26. The molecule has 0 amide bonds. The Hall–Kier alpha value is -0.190. The first kappa shape index (κ1) is 12.3. The largest absolute Gasteiger partial charge is 0.305 e. The second kappa shape index (κ2) is 4.98. The molecule has 1 aliphatic heterocycles. The summed E-state index contributed by atoms with van der Waals surface area (Å²) in [5.74, 6) is 0.349. The molecule has 0 spiro atoms. The van der Waals surface area contributed by atoms with E-state index in [2.05, 4.69) is 28.2 Å². The van der Waals surface area contributed by atoms with Crippen LogP contribution in [0, 0.1) is 0 Å². The minimum atomic E-state index is -0.240. The summed E-state index contributed by atoms with van der Waals surface area (Å²) in [5, 5.41) is 5.42. The second-order valence-electron chi connectivity index (χ2n) is 4.30. The summed E-state index contributed by atoms with van der Waals surface area (Å²) in [6.45, 7) is 3.08. The Morgan fingerprint density at radius 1 is 1.69 bits per heavy atom. The van der Waals surface area contributed by atoms with Crippen molar-refractivity contribution >= 4 is 33.0 Å². The number of rotatable bonds is 4. The van der Waals surface area contributed by atoms with Crippen LogP contribution in [0.5, 0.6) is 0 Å². The van der Waals surface area contributed by atoms with Gasteiger partial charge in [0, 0.05) is 21.2 Å². The van der Waals surface area contributed by atoms with Crippen molar-refractivity contribution in [3.05, 3.63) is 20.8 Å². The van der Waals surface area contributed by atoms with Gasteiger partial charge in [-0.15, -0.1) is 11.3 Å². The maximum Gasteiger partial charge on any atom is 0.158 e. The van der Waals surface area contributed by atoms with Crippen LogP contribution in [-0.4, -0.2) is 17.9 Å². The van der Waals surface area contributed by atoms with Crippen molar-refractivity contribution in [2.45, 2.75) is 38.1 Å². The summed E-state index contributed by atoms with van der Waals surface area (Å²) in [7, 11) is 0. The molecular weight excluding hydrogens is 286 g/mol. The number of hydrogen-bond acceptors (Lipinski definition) is 3. The zero-order valence-electron chi connectivity index (χ0n) is 9.38. The summed E-state index contributed by atoms with van der Waals surface area (Å²) in [6, 6.07) is 2.04. The number of nitrogens with one attached hydrogen (secondary N) is 1. The lowest BCUT2D eigenvalue weighted by atomic mass is 9.87. The van der Waals surface area contributed by atoms with Crippen LogP contribution in [0.15, 0.2) is 15.9 Å². The fraction of sp³-hybridized carbons (Fsp3) is 0.583. The highest BCUT2D eigenvalue weighted by molar-refractivity contribution is 9.10. The number of hydrogen-bond donors (Lipinski definition) is 1. The van der Waals surface area contributed by atoms with Crippen LogP contribution in [0.25, 0.3) is 0 Å². The lowest BCUT2D eigenvalue weighted by molar-refractivity contribution is -0.124. The Morgan fingerprint density at radius 3 is 3.00 bits per heavy atom. The van der Waals surface area contributed by atoms with Crippen molar-refractivity contribution in [1.29, 1.82) is 0 Å². The third-order valence-corrected chi connectivity index (χ3v) is 5.04. The van der Waals surface area contributed by atoms with E-state index in [0.29, 0.717) is 12.2 Å². The number of ketones is 1. The number of thiophene rings is 1. The fourth-order valence-corrected chi connectivity index (χ4v) is 3.77. The Balaban J connectivity index is 2.07. The summed E-state index contributed by atoms with van der Waals surface area (Å²) in [5.41, 5.74) is -0.240. The number of carbonyl (C=O) groups excluding carboxylic acids is 1. The second-order valence-corrected chi connectivity index (χ2v) is 6.21. The van der Waals surface area contributed by atoms with Crippen LogP contribution >= 0.6 is 27.3 Å². The summed E-state index contributed by atoms with van der Waals surface area (Å²) in [6.07, 6.45) is 3.58. The fourth-order valence-electron chi connectivity index (χ4n) is 2.32. The van der Waals surface area contributed by atoms with Gasteiger partial charge in [0.25, 0.3) is 0 Å². The Labute approximate surface area is 109 Å². The van der Waals surface area contributed by atoms with Gasteiger partial charge in [0.05, 0.1) is 5.54 Å². The molecule has 0 bridgehead atoms. The molecule has 1 unspecified atom stereocenters. The maximum absolute atomic E-state index is 12.3. The average Bonchev–Trinajstić information content (AvgIpc) is 2.88. The quantitative estimate of drug-likeness (QED) is 0.925. The van der Waals surface area contributed by atoms with E-state index in [-0.39, 0.29) is 5.54 Å². The number of Topliss-reactive ketones (excluding diaryl/α,β-unsaturated/α-hetero) is 1. The Bertz CT molecular complexity index is 382. The van der Waals surface area contributed by atoms with Crippen LogP contribution in [-0.2, 0) is 11.2 Å². The zero-order valence-corrected chi connectivity index (χ0v) is 11.8. The van der Waals surface area contributed by atoms with Gasteiger partial charge in [-0.25, -0.2) is 0 Å². The third-order valence-electron chi connectivity index (χ3n) is 3.34. The van der Waals surface area contributed by atoms with Gasteiger partial charge in [-0.05, 0) is 47.8 Å². The molecule has 0 saturated carbocycles. The van der Waals surface area contributed by atoms with Gasteiger partial charge in [0.15, 0.2) is 5.78 Å². The van der Waals surface area contributed by atoms with E-state index in [1.54, 1.807) is 11.3 Å². The monoisotopic (exact) mass is 301 g/mol. The molecular formula is C12H16BrNOS. The summed E-state index contributed by atoms with van der Waals surface area (Å²) >= 11 is 5.07. The van der Waals surface area contributed by atoms with Gasteiger partial charge in [0.1, 0.15) is 0 Å². The van der Waals surface area contributed by atoms with Gasteiger partial charge < -0.3 is 5.32 Å². The molecule has 1 fully saturated rings. The highest BCUT2D eigenvalue weighted by Crippen LogP contribution is 2.27. The van der Waals surface area contributed by atoms with Gasteiger partial charge in [-0.3, -0.25) is 4.79 Å². The normalized spacial score (nSPS) is 24.9. The van der Waals surface area contributed by atoms with Crippen LogP contribution in [0.1, 0.15) is 31.1 Å². The SMILES string of the molecule is CCC1(C(=O)Cc2cc(Br)cs2)CCCN1. The molecule has 1 aromatic rings. The molecule has 1 atom stereocenters. The van der Waals surface area contributed by atoms with Crippen molar-refractivity contribution < 1.29 is 4.79 Å². The molecule has 2 nitrogen and oxygen atoms in total. The zero-order chi connectivity index (χ0) is 11.6. The molecule has 0 aliphatic carbocycles. The highest BCUT2D eigenvalue weighted by Gasteiger charge is 2.38. The average molecular weight is 302 g/mol. The lowest BCUT2D eigenvalue weighted by Crippen LogP contribution is -2.47. The molecule has 16 heavy (non-hydrogen) atoms. The van der Waals surface area contributed by atoms with Crippen molar-refractivity contribution in [2.75, 3.05) is 6.54 Å².